The number of halogens is 3. The summed E-state index contributed by atoms with van der Waals surface area (Å²) < 4.78 is 43.1. The minimum atomic E-state index is -5.08. The number of fused-ring (bicyclic) bond motifs is 1. The molecule has 160 valence electrons. The minimum Gasteiger partial charge on any atom is -0.475 e. The summed E-state index contributed by atoms with van der Waals surface area (Å²) in [6.45, 7) is 6.68. The molecule has 29 heavy (non-hydrogen) atoms. The normalized spacial score (nSPS) is 24.7. The summed E-state index contributed by atoms with van der Waals surface area (Å²) in [7, 11) is 0. The number of hydrogen-bond donors (Lipinski definition) is 1. The molecule has 4 heterocycles. The van der Waals surface area contributed by atoms with Gasteiger partial charge in [0.05, 0.1) is 23.2 Å². The van der Waals surface area contributed by atoms with Crippen LogP contribution in [0.15, 0.2) is 10.0 Å². The predicted octanol–water partition coefficient (Wildman–Crippen LogP) is 2.92. The number of nitrogens with zero attached hydrogens (tertiary/aromatic N) is 4. The number of carboxylic acids is 1. The third kappa shape index (κ3) is 5.31. The molecule has 2 fully saturated rings. The largest absolute Gasteiger partial charge is 0.490 e. The number of piperidine rings is 1. The first kappa shape index (κ1) is 21.7. The highest BCUT2D eigenvalue weighted by molar-refractivity contribution is 7.09. The van der Waals surface area contributed by atoms with Gasteiger partial charge in [0, 0.05) is 30.6 Å². The number of likely N-dealkylation sites (tertiary alicyclic amines) is 1. The molecule has 2 aliphatic heterocycles. The topological polar surface area (TPSA) is 102 Å². The van der Waals surface area contributed by atoms with E-state index < -0.39 is 12.1 Å². The van der Waals surface area contributed by atoms with Crippen molar-refractivity contribution in [3.05, 3.63) is 27.8 Å². The van der Waals surface area contributed by atoms with Crippen molar-refractivity contribution < 1.29 is 32.3 Å². The number of carboxylic acid groups (broad SMARTS) is 1. The highest BCUT2D eigenvalue weighted by atomic mass is 32.1. The standard InChI is InChI=1S/C15H20N4O2S.C2HF3O2/c1-9-14(22-8-16-9)7-19-6-11(15-17-10(2)18-21-15)5-13-12(19)3-4-20-13;3-2(4,5)1(6)7/h8,11-13H,3-7H2,1-2H3;(H,6,7)/t11-,12+,13+;/m0./s1. The number of thiazole rings is 1. The number of alkyl halides is 3. The Morgan fingerprint density at radius 2 is 2.14 bits per heavy atom. The Morgan fingerprint density at radius 3 is 2.69 bits per heavy atom. The quantitative estimate of drug-likeness (QED) is 0.787. The molecule has 0 saturated carbocycles. The molecule has 2 aliphatic rings. The van der Waals surface area contributed by atoms with Gasteiger partial charge in [-0.15, -0.1) is 11.3 Å². The van der Waals surface area contributed by atoms with Crippen LogP contribution in [0, 0.1) is 13.8 Å². The van der Waals surface area contributed by atoms with Crippen molar-refractivity contribution in [2.24, 2.45) is 0 Å². The monoisotopic (exact) mass is 434 g/mol. The molecule has 4 rings (SSSR count). The van der Waals surface area contributed by atoms with E-state index in [1.807, 2.05) is 12.4 Å². The van der Waals surface area contributed by atoms with Crippen molar-refractivity contribution in [1.82, 2.24) is 20.0 Å². The lowest BCUT2D eigenvalue weighted by molar-refractivity contribution is -0.192. The molecular weight excluding hydrogens is 413 g/mol. The molecule has 0 aliphatic carbocycles. The molecule has 0 spiro atoms. The fourth-order valence-electron chi connectivity index (χ4n) is 3.56. The van der Waals surface area contributed by atoms with Crippen LogP contribution in [0.4, 0.5) is 13.2 Å². The zero-order valence-electron chi connectivity index (χ0n) is 15.8. The number of aryl methyl sites for hydroxylation is 2. The molecule has 2 aromatic heterocycles. The van der Waals surface area contributed by atoms with Crippen LogP contribution >= 0.6 is 11.3 Å². The number of carbonyl (C=O) groups is 1. The van der Waals surface area contributed by atoms with Crippen LogP contribution in [-0.4, -0.2) is 62.6 Å². The van der Waals surface area contributed by atoms with Gasteiger partial charge in [-0.3, -0.25) is 4.90 Å². The van der Waals surface area contributed by atoms with E-state index in [0.29, 0.717) is 11.9 Å². The molecule has 8 nitrogen and oxygen atoms in total. The molecule has 2 saturated heterocycles. The molecule has 1 N–H and O–H groups in total. The lowest BCUT2D eigenvalue weighted by Gasteiger charge is -2.39. The van der Waals surface area contributed by atoms with Crippen molar-refractivity contribution in [1.29, 1.82) is 0 Å². The third-order valence-electron chi connectivity index (χ3n) is 4.94. The average Bonchev–Trinajstić information content (AvgIpc) is 3.36. The Bertz CT molecular complexity index is 841. The first-order valence-electron chi connectivity index (χ1n) is 9.00. The van der Waals surface area contributed by atoms with E-state index in [9.17, 15) is 13.2 Å². The summed E-state index contributed by atoms with van der Waals surface area (Å²) in [5.74, 6) is -1.05. The number of aliphatic carboxylic acids is 1. The minimum absolute atomic E-state index is 0.258. The smallest absolute Gasteiger partial charge is 0.475 e. The Balaban J connectivity index is 0.000000298. The van der Waals surface area contributed by atoms with E-state index in [-0.39, 0.29) is 12.0 Å². The van der Waals surface area contributed by atoms with Crippen LogP contribution in [0.25, 0.3) is 0 Å². The number of hydrogen-bond acceptors (Lipinski definition) is 8. The fourth-order valence-corrected chi connectivity index (χ4v) is 4.36. The highest BCUT2D eigenvalue weighted by Crippen LogP contribution is 2.37. The molecule has 12 heteroatoms. The zero-order chi connectivity index (χ0) is 21.2. The molecule has 0 aromatic carbocycles. The second-order valence-corrected chi connectivity index (χ2v) is 7.91. The molecule has 2 aromatic rings. The summed E-state index contributed by atoms with van der Waals surface area (Å²) in [5.41, 5.74) is 3.06. The van der Waals surface area contributed by atoms with Crippen LogP contribution < -0.4 is 0 Å². The van der Waals surface area contributed by atoms with Gasteiger partial charge in [0.1, 0.15) is 0 Å². The van der Waals surface area contributed by atoms with Gasteiger partial charge in [-0.25, -0.2) is 9.78 Å². The van der Waals surface area contributed by atoms with Crippen molar-refractivity contribution >= 4 is 17.3 Å². The summed E-state index contributed by atoms with van der Waals surface area (Å²) in [4.78, 5) is 21.6. The Morgan fingerprint density at radius 1 is 1.41 bits per heavy atom. The van der Waals surface area contributed by atoms with Gasteiger partial charge in [0.2, 0.25) is 5.89 Å². The van der Waals surface area contributed by atoms with Crippen LogP contribution in [0.1, 0.15) is 41.0 Å². The fraction of sp³-hybridized carbons (Fsp3) is 0.647. The highest BCUT2D eigenvalue weighted by Gasteiger charge is 2.42. The van der Waals surface area contributed by atoms with Crippen molar-refractivity contribution in [3.8, 4) is 0 Å². The lowest BCUT2D eigenvalue weighted by atomic mass is 9.90. The zero-order valence-corrected chi connectivity index (χ0v) is 16.7. The van der Waals surface area contributed by atoms with E-state index in [4.69, 9.17) is 19.2 Å². The van der Waals surface area contributed by atoms with E-state index in [2.05, 4.69) is 26.9 Å². The SMILES string of the molecule is Cc1noc([C@H]2C[C@H]3OCC[C@H]3N(Cc3scnc3C)C2)n1.O=C(O)C(F)(F)F. The van der Waals surface area contributed by atoms with Gasteiger partial charge >= 0.3 is 12.1 Å². The van der Waals surface area contributed by atoms with Crippen LogP contribution in [0.5, 0.6) is 0 Å². The molecule has 0 bridgehead atoms. The van der Waals surface area contributed by atoms with Crippen molar-refractivity contribution in [2.75, 3.05) is 13.2 Å². The molecule has 3 atom stereocenters. The van der Waals surface area contributed by atoms with Crippen LogP contribution in [-0.2, 0) is 16.1 Å². The molecule has 0 radical (unpaired) electrons. The number of aromatic nitrogens is 3. The Hall–Kier alpha value is -2.05. The van der Waals surface area contributed by atoms with E-state index >= 15 is 0 Å². The second-order valence-electron chi connectivity index (χ2n) is 6.97. The van der Waals surface area contributed by atoms with Gasteiger partial charge in [-0.2, -0.15) is 18.2 Å². The lowest BCUT2D eigenvalue weighted by Crippen LogP contribution is -2.48. The van der Waals surface area contributed by atoms with Gasteiger partial charge in [-0.05, 0) is 26.7 Å². The van der Waals surface area contributed by atoms with Gasteiger partial charge < -0.3 is 14.4 Å². The molecule has 0 unspecified atom stereocenters. The summed E-state index contributed by atoms with van der Waals surface area (Å²) >= 11 is 1.73. The van der Waals surface area contributed by atoms with Crippen LogP contribution in [0.3, 0.4) is 0 Å². The van der Waals surface area contributed by atoms with E-state index in [1.165, 1.54) is 4.88 Å². The Labute approximate surface area is 168 Å². The van der Waals surface area contributed by atoms with Crippen molar-refractivity contribution in [2.45, 2.75) is 57.5 Å². The maximum atomic E-state index is 10.6. The van der Waals surface area contributed by atoms with Crippen LogP contribution in [0.2, 0.25) is 0 Å². The number of ether oxygens (including phenoxy) is 1. The third-order valence-corrected chi connectivity index (χ3v) is 5.86. The second kappa shape index (κ2) is 8.76. The first-order valence-corrected chi connectivity index (χ1v) is 9.88. The average molecular weight is 434 g/mol. The maximum absolute atomic E-state index is 10.6. The number of rotatable bonds is 3. The van der Waals surface area contributed by atoms with E-state index in [0.717, 1.165) is 44.1 Å². The summed E-state index contributed by atoms with van der Waals surface area (Å²) in [6.07, 6.45) is -2.72. The maximum Gasteiger partial charge on any atom is 0.490 e. The van der Waals surface area contributed by atoms with E-state index in [1.54, 1.807) is 11.3 Å². The summed E-state index contributed by atoms with van der Waals surface area (Å²) in [6, 6.07) is 0.502. The van der Waals surface area contributed by atoms with Gasteiger partial charge in [0.15, 0.2) is 5.82 Å². The Kier molecular flexibility index (Phi) is 6.54. The van der Waals surface area contributed by atoms with Crippen molar-refractivity contribution in [3.63, 3.8) is 0 Å². The molecule has 0 amide bonds. The first-order chi connectivity index (χ1) is 13.6. The van der Waals surface area contributed by atoms with Gasteiger partial charge in [-0.1, -0.05) is 5.16 Å². The summed E-state index contributed by atoms with van der Waals surface area (Å²) in [5, 5.41) is 11.1. The molecular formula is C17H21F3N4O4S. The van der Waals surface area contributed by atoms with Gasteiger partial charge in [0.25, 0.3) is 0 Å². The predicted molar refractivity (Wildman–Crippen MR) is 95.5 cm³/mol.